The summed E-state index contributed by atoms with van der Waals surface area (Å²) in [5.41, 5.74) is 3.50. The van der Waals surface area contributed by atoms with E-state index in [0.717, 1.165) is 11.1 Å². The maximum atomic E-state index is 13.3. The lowest BCUT2D eigenvalue weighted by Gasteiger charge is -2.14. The Kier molecular flexibility index (Phi) is 4.83. The number of hydrogen-bond donors (Lipinski definition) is 2. The van der Waals surface area contributed by atoms with E-state index in [0.29, 0.717) is 39.9 Å². The summed E-state index contributed by atoms with van der Waals surface area (Å²) in [7, 11) is -2.31. The van der Waals surface area contributed by atoms with Crippen molar-refractivity contribution in [2.75, 3.05) is 17.1 Å². The van der Waals surface area contributed by atoms with Crippen molar-refractivity contribution in [2.45, 2.75) is 11.3 Å². The lowest BCUT2D eigenvalue weighted by molar-refractivity contribution is 0.103. The molecule has 0 saturated heterocycles. The van der Waals surface area contributed by atoms with Gasteiger partial charge in [-0.3, -0.25) is 9.52 Å². The highest BCUT2D eigenvalue weighted by Crippen LogP contribution is 2.37. The molecule has 1 amide bonds. The molecule has 0 unspecified atom stereocenters. The van der Waals surface area contributed by atoms with Crippen LogP contribution in [0.15, 0.2) is 83.8 Å². The number of methoxy groups -OCH3 is 1. The highest BCUT2D eigenvalue weighted by atomic mass is 32.2. The lowest BCUT2D eigenvalue weighted by Crippen LogP contribution is -2.13. The fraction of sp³-hybridized carbons (Fsp3) is 0.0800. The average molecular weight is 445 g/mol. The second kappa shape index (κ2) is 7.69. The summed E-state index contributed by atoms with van der Waals surface area (Å²) in [6.45, 7) is 0. The van der Waals surface area contributed by atoms with Crippen molar-refractivity contribution in [3.05, 3.63) is 95.6 Å². The van der Waals surface area contributed by atoms with Gasteiger partial charge in [0.2, 0.25) is 0 Å². The Morgan fingerprint density at radius 2 is 1.75 bits per heavy atom. The van der Waals surface area contributed by atoms with Crippen LogP contribution in [0, 0.1) is 0 Å². The Morgan fingerprint density at radius 3 is 2.53 bits per heavy atom. The number of benzene rings is 4. The van der Waals surface area contributed by atoms with E-state index < -0.39 is 10.0 Å². The SMILES string of the molecule is COc1ccc(NS(=O)(=O)c2ccc3c4c(cccc24)C(=O)N3)cc1Cc1ccccc1. The molecule has 1 heterocycles. The van der Waals surface area contributed by atoms with E-state index in [9.17, 15) is 13.2 Å². The topological polar surface area (TPSA) is 84.5 Å². The quantitative estimate of drug-likeness (QED) is 0.447. The zero-order chi connectivity index (χ0) is 22.3. The van der Waals surface area contributed by atoms with Gasteiger partial charge in [0.05, 0.1) is 12.0 Å². The normalized spacial score (nSPS) is 12.6. The molecule has 7 heteroatoms. The Bertz CT molecular complexity index is 1460. The molecular formula is C25H20N2O4S. The van der Waals surface area contributed by atoms with E-state index in [2.05, 4.69) is 10.0 Å². The third kappa shape index (κ3) is 3.46. The highest BCUT2D eigenvalue weighted by Gasteiger charge is 2.26. The second-order valence-electron chi connectivity index (χ2n) is 7.59. The zero-order valence-corrected chi connectivity index (χ0v) is 18.1. The molecule has 1 aliphatic rings. The van der Waals surface area contributed by atoms with Crippen LogP contribution in [0.5, 0.6) is 5.75 Å². The molecular weight excluding hydrogens is 424 g/mol. The molecule has 4 aromatic carbocycles. The molecule has 160 valence electrons. The predicted molar refractivity (Wildman–Crippen MR) is 125 cm³/mol. The number of carbonyl (C=O) groups is 1. The van der Waals surface area contributed by atoms with Crippen LogP contribution in [0.2, 0.25) is 0 Å². The van der Waals surface area contributed by atoms with Crippen molar-refractivity contribution in [3.63, 3.8) is 0 Å². The van der Waals surface area contributed by atoms with Crippen LogP contribution in [-0.4, -0.2) is 21.4 Å². The summed E-state index contributed by atoms with van der Waals surface area (Å²) >= 11 is 0. The van der Waals surface area contributed by atoms with Gasteiger partial charge in [-0.25, -0.2) is 8.42 Å². The Morgan fingerprint density at radius 1 is 0.938 bits per heavy atom. The lowest BCUT2D eigenvalue weighted by atomic mass is 10.0. The van der Waals surface area contributed by atoms with Crippen LogP contribution in [0.1, 0.15) is 21.5 Å². The number of sulfonamides is 1. The van der Waals surface area contributed by atoms with Gasteiger partial charge in [-0.1, -0.05) is 42.5 Å². The number of anilines is 2. The van der Waals surface area contributed by atoms with E-state index >= 15 is 0 Å². The fourth-order valence-corrected chi connectivity index (χ4v) is 5.36. The zero-order valence-electron chi connectivity index (χ0n) is 17.3. The Balaban J connectivity index is 1.53. The van der Waals surface area contributed by atoms with Gasteiger partial charge in [0.1, 0.15) is 5.75 Å². The van der Waals surface area contributed by atoms with E-state index in [1.54, 1.807) is 49.6 Å². The summed E-state index contributed by atoms with van der Waals surface area (Å²) in [5.74, 6) is 0.459. The molecule has 2 N–H and O–H groups in total. The van der Waals surface area contributed by atoms with E-state index in [1.807, 2.05) is 30.3 Å². The van der Waals surface area contributed by atoms with Crippen LogP contribution in [0.4, 0.5) is 11.4 Å². The number of nitrogens with one attached hydrogen (secondary N) is 2. The molecule has 0 bridgehead atoms. The minimum absolute atomic E-state index is 0.120. The smallest absolute Gasteiger partial charge is 0.262 e. The van der Waals surface area contributed by atoms with Crippen molar-refractivity contribution in [1.29, 1.82) is 0 Å². The molecule has 0 spiro atoms. The Labute approximate surface area is 185 Å². The second-order valence-corrected chi connectivity index (χ2v) is 9.24. The van der Waals surface area contributed by atoms with Gasteiger partial charge in [0.15, 0.2) is 0 Å². The first-order chi connectivity index (χ1) is 15.5. The molecule has 1 aliphatic heterocycles. The minimum atomic E-state index is -3.90. The summed E-state index contributed by atoms with van der Waals surface area (Å²) < 4.78 is 34.8. The van der Waals surface area contributed by atoms with Crippen LogP contribution in [0.3, 0.4) is 0 Å². The molecule has 0 atom stereocenters. The number of amides is 1. The first-order valence-electron chi connectivity index (χ1n) is 10.1. The third-order valence-corrected chi connectivity index (χ3v) is 6.99. The molecule has 6 nitrogen and oxygen atoms in total. The molecule has 32 heavy (non-hydrogen) atoms. The van der Waals surface area contributed by atoms with Crippen molar-refractivity contribution in [1.82, 2.24) is 0 Å². The van der Waals surface area contributed by atoms with Gasteiger partial charge >= 0.3 is 0 Å². The van der Waals surface area contributed by atoms with Gasteiger partial charge in [0.25, 0.3) is 15.9 Å². The molecule has 5 rings (SSSR count). The molecule has 0 radical (unpaired) electrons. The minimum Gasteiger partial charge on any atom is -0.496 e. The third-order valence-electron chi connectivity index (χ3n) is 5.55. The first-order valence-corrected chi connectivity index (χ1v) is 11.6. The average Bonchev–Trinajstić information content (AvgIpc) is 3.12. The van der Waals surface area contributed by atoms with E-state index in [1.165, 1.54) is 6.07 Å². The van der Waals surface area contributed by atoms with E-state index in [4.69, 9.17) is 4.74 Å². The van der Waals surface area contributed by atoms with Crippen LogP contribution in [0.25, 0.3) is 10.8 Å². The van der Waals surface area contributed by atoms with Gasteiger partial charge in [-0.05, 0) is 42.0 Å². The van der Waals surface area contributed by atoms with Crippen molar-refractivity contribution >= 4 is 38.1 Å². The largest absolute Gasteiger partial charge is 0.496 e. The monoisotopic (exact) mass is 444 g/mol. The van der Waals surface area contributed by atoms with Crippen LogP contribution >= 0.6 is 0 Å². The maximum absolute atomic E-state index is 13.3. The molecule has 4 aromatic rings. The number of ether oxygens (including phenoxy) is 1. The fourth-order valence-electron chi connectivity index (χ4n) is 4.10. The maximum Gasteiger partial charge on any atom is 0.262 e. The molecule has 0 fully saturated rings. The number of hydrogen-bond acceptors (Lipinski definition) is 4. The van der Waals surface area contributed by atoms with E-state index in [-0.39, 0.29) is 10.8 Å². The number of rotatable bonds is 6. The van der Waals surface area contributed by atoms with Gasteiger partial charge < -0.3 is 10.1 Å². The van der Waals surface area contributed by atoms with Gasteiger partial charge in [0, 0.05) is 39.7 Å². The van der Waals surface area contributed by atoms with Crippen molar-refractivity contribution < 1.29 is 17.9 Å². The Hall–Kier alpha value is -3.84. The predicted octanol–water partition coefficient (Wildman–Crippen LogP) is 4.81. The van der Waals surface area contributed by atoms with Crippen LogP contribution in [-0.2, 0) is 16.4 Å². The van der Waals surface area contributed by atoms with Crippen molar-refractivity contribution in [2.24, 2.45) is 0 Å². The molecule has 0 aromatic heterocycles. The van der Waals surface area contributed by atoms with Gasteiger partial charge in [-0.15, -0.1) is 0 Å². The highest BCUT2D eigenvalue weighted by molar-refractivity contribution is 7.93. The first kappa shape index (κ1) is 20.1. The summed E-state index contributed by atoms with van der Waals surface area (Å²) in [4.78, 5) is 12.3. The van der Waals surface area contributed by atoms with Gasteiger partial charge in [-0.2, -0.15) is 0 Å². The molecule has 0 saturated carbocycles. The number of carbonyl (C=O) groups excluding carboxylic acids is 1. The molecule has 0 aliphatic carbocycles. The van der Waals surface area contributed by atoms with Crippen molar-refractivity contribution in [3.8, 4) is 5.75 Å². The van der Waals surface area contributed by atoms with Crippen LogP contribution < -0.4 is 14.8 Å². The summed E-state index contributed by atoms with van der Waals surface area (Å²) in [6, 6.07) is 23.4. The standard InChI is InChI=1S/C25H20N2O4S/c1-31-22-12-10-18(15-17(22)14-16-6-3-2-4-7-16)27-32(29,30)23-13-11-21-24-19(23)8-5-9-20(24)25(28)26-21/h2-13,15,27H,14H2,1H3,(H,26,28). The summed E-state index contributed by atoms with van der Waals surface area (Å²) in [5, 5.41) is 3.90. The summed E-state index contributed by atoms with van der Waals surface area (Å²) in [6.07, 6.45) is 0.606.